The van der Waals surface area contributed by atoms with Crippen molar-refractivity contribution < 1.29 is 4.79 Å². The van der Waals surface area contributed by atoms with Gasteiger partial charge in [0, 0.05) is 19.0 Å². The summed E-state index contributed by atoms with van der Waals surface area (Å²) in [5, 5.41) is 3.40. The highest BCUT2D eigenvalue weighted by Gasteiger charge is 2.59. The zero-order valence-corrected chi connectivity index (χ0v) is 9.99. The predicted molar refractivity (Wildman–Crippen MR) is 62.3 cm³/mol. The van der Waals surface area contributed by atoms with Crippen LogP contribution in [0.3, 0.4) is 0 Å². The lowest BCUT2D eigenvalue weighted by Gasteiger charge is -2.26. The van der Waals surface area contributed by atoms with Gasteiger partial charge < -0.3 is 5.32 Å². The Hall–Kier alpha value is -0.900. The Labute approximate surface area is 96.1 Å². The Bertz CT molecular complexity index is 365. The summed E-state index contributed by atoms with van der Waals surface area (Å²) in [7, 11) is 0. The molecule has 16 heavy (non-hydrogen) atoms. The van der Waals surface area contributed by atoms with Crippen molar-refractivity contribution in [3.05, 3.63) is 0 Å². The summed E-state index contributed by atoms with van der Waals surface area (Å²) in [5.74, 6) is 2.27. The monoisotopic (exact) mass is 221 g/mol. The second-order valence-corrected chi connectivity index (χ2v) is 5.20. The Morgan fingerprint density at radius 2 is 2.38 bits per heavy atom. The zero-order chi connectivity index (χ0) is 11.3. The number of amidine groups is 1. The van der Waals surface area contributed by atoms with E-state index in [1.54, 1.807) is 0 Å². The number of fused-ring (bicyclic) bond motifs is 2. The van der Waals surface area contributed by atoms with Crippen LogP contribution in [0, 0.1) is 11.8 Å². The van der Waals surface area contributed by atoms with Gasteiger partial charge in [0.25, 0.3) is 5.91 Å². The van der Waals surface area contributed by atoms with Crippen LogP contribution >= 0.6 is 0 Å². The molecule has 3 aliphatic rings. The molecule has 88 valence electrons. The standard InChI is InChI=1S/C12H19N3O/c1-3-15-8(2)14-12(11(15)16)5-4-9-6-13-7-10(9)12/h9-10,13H,3-7H2,1-2H3/t9-,10+,12-/m1/s1. The lowest BCUT2D eigenvalue weighted by Crippen LogP contribution is -2.46. The van der Waals surface area contributed by atoms with Crippen LogP contribution < -0.4 is 5.32 Å². The topological polar surface area (TPSA) is 44.7 Å². The fraction of sp³-hybridized carbons (Fsp3) is 0.833. The Morgan fingerprint density at radius 3 is 3.06 bits per heavy atom. The van der Waals surface area contributed by atoms with E-state index in [1.165, 1.54) is 0 Å². The molecule has 2 aliphatic heterocycles. The first-order valence-corrected chi connectivity index (χ1v) is 6.28. The van der Waals surface area contributed by atoms with Crippen LogP contribution in [-0.2, 0) is 4.79 Å². The van der Waals surface area contributed by atoms with Gasteiger partial charge in [-0.25, -0.2) is 0 Å². The molecule has 4 heteroatoms. The van der Waals surface area contributed by atoms with Crippen molar-refractivity contribution in [3.63, 3.8) is 0 Å². The van der Waals surface area contributed by atoms with Crippen molar-refractivity contribution >= 4 is 11.7 Å². The van der Waals surface area contributed by atoms with Gasteiger partial charge >= 0.3 is 0 Å². The SMILES string of the molecule is CCN1C(=O)[C@]2(CC[C@@H]3CNC[C@@H]32)N=C1C. The summed E-state index contributed by atoms with van der Waals surface area (Å²) in [4.78, 5) is 19.1. The van der Waals surface area contributed by atoms with Gasteiger partial charge in [0.15, 0.2) is 0 Å². The van der Waals surface area contributed by atoms with E-state index in [9.17, 15) is 4.79 Å². The number of amides is 1. The molecule has 1 N–H and O–H groups in total. The molecule has 0 bridgehead atoms. The van der Waals surface area contributed by atoms with Crippen LogP contribution in [0.4, 0.5) is 0 Å². The minimum absolute atomic E-state index is 0.253. The fourth-order valence-electron chi connectivity index (χ4n) is 3.74. The highest BCUT2D eigenvalue weighted by Crippen LogP contribution is 2.48. The second-order valence-electron chi connectivity index (χ2n) is 5.20. The van der Waals surface area contributed by atoms with Gasteiger partial charge in [0.05, 0.1) is 0 Å². The molecule has 0 aromatic carbocycles. The molecule has 0 radical (unpaired) electrons. The quantitative estimate of drug-likeness (QED) is 0.706. The van der Waals surface area contributed by atoms with Gasteiger partial charge in [-0.1, -0.05) is 0 Å². The molecule has 0 aromatic heterocycles. The van der Waals surface area contributed by atoms with E-state index < -0.39 is 5.54 Å². The predicted octanol–water partition coefficient (Wildman–Crippen LogP) is 0.635. The van der Waals surface area contributed by atoms with Gasteiger partial charge in [-0.3, -0.25) is 14.7 Å². The van der Waals surface area contributed by atoms with E-state index in [-0.39, 0.29) is 5.91 Å². The number of nitrogens with one attached hydrogen (secondary N) is 1. The van der Waals surface area contributed by atoms with Gasteiger partial charge in [-0.2, -0.15) is 0 Å². The maximum Gasteiger partial charge on any atom is 0.256 e. The van der Waals surface area contributed by atoms with Gasteiger partial charge in [-0.15, -0.1) is 0 Å². The normalized spacial score (nSPS) is 42.0. The third kappa shape index (κ3) is 1.08. The number of aliphatic imine (C=N–C) groups is 1. The highest BCUT2D eigenvalue weighted by atomic mass is 16.2. The molecule has 1 saturated heterocycles. The maximum absolute atomic E-state index is 12.5. The van der Waals surface area contributed by atoms with E-state index in [2.05, 4.69) is 5.32 Å². The molecule has 1 saturated carbocycles. The third-order valence-corrected chi connectivity index (χ3v) is 4.53. The Balaban J connectivity index is 1.98. The minimum Gasteiger partial charge on any atom is -0.316 e. The molecule has 4 nitrogen and oxygen atoms in total. The molecular formula is C12H19N3O. The van der Waals surface area contributed by atoms with E-state index in [0.29, 0.717) is 11.8 Å². The first-order valence-electron chi connectivity index (χ1n) is 6.28. The van der Waals surface area contributed by atoms with Gasteiger partial charge in [0.1, 0.15) is 11.4 Å². The first kappa shape index (κ1) is 10.3. The molecular weight excluding hydrogens is 202 g/mol. The summed E-state index contributed by atoms with van der Waals surface area (Å²) in [6.07, 6.45) is 2.11. The Morgan fingerprint density at radius 1 is 1.56 bits per heavy atom. The summed E-state index contributed by atoms with van der Waals surface area (Å²) in [6, 6.07) is 0. The smallest absolute Gasteiger partial charge is 0.256 e. The average molecular weight is 221 g/mol. The number of carbonyl (C=O) groups is 1. The first-order chi connectivity index (χ1) is 7.69. The molecule has 2 fully saturated rings. The lowest BCUT2D eigenvalue weighted by atomic mass is 9.85. The van der Waals surface area contributed by atoms with E-state index in [1.807, 2.05) is 18.7 Å². The largest absolute Gasteiger partial charge is 0.316 e. The molecule has 3 atom stereocenters. The van der Waals surface area contributed by atoms with E-state index in [0.717, 1.165) is 38.3 Å². The molecule has 1 spiro atoms. The summed E-state index contributed by atoms with van der Waals surface area (Å²) in [6.45, 7) is 6.77. The van der Waals surface area contributed by atoms with E-state index >= 15 is 0 Å². The molecule has 3 rings (SSSR count). The number of hydrogen-bond donors (Lipinski definition) is 1. The van der Waals surface area contributed by atoms with Crippen LogP contribution in [0.2, 0.25) is 0 Å². The number of carbonyl (C=O) groups excluding carboxylic acids is 1. The summed E-state index contributed by atoms with van der Waals surface area (Å²) >= 11 is 0. The third-order valence-electron chi connectivity index (χ3n) is 4.53. The van der Waals surface area contributed by atoms with Crippen LogP contribution in [-0.4, -0.2) is 41.8 Å². The van der Waals surface area contributed by atoms with Crippen molar-refractivity contribution in [2.45, 2.75) is 32.2 Å². The van der Waals surface area contributed by atoms with Crippen molar-refractivity contribution in [2.24, 2.45) is 16.8 Å². The molecule has 1 amide bonds. The molecule has 0 aromatic rings. The molecule has 0 unspecified atom stereocenters. The van der Waals surface area contributed by atoms with Gasteiger partial charge in [0.2, 0.25) is 0 Å². The van der Waals surface area contributed by atoms with Crippen LogP contribution in [0.1, 0.15) is 26.7 Å². The minimum atomic E-state index is -0.395. The average Bonchev–Trinajstić information content (AvgIpc) is 2.87. The van der Waals surface area contributed by atoms with Crippen LogP contribution in [0.25, 0.3) is 0 Å². The fourth-order valence-corrected chi connectivity index (χ4v) is 3.74. The van der Waals surface area contributed by atoms with Crippen molar-refractivity contribution in [1.82, 2.24) is 10.2 Å². The van der Waals surface area contributed by atoms with Crippen molar-refractivity contribution in [2.75, 3.05) is 19.6 Å². The molecule has 1 aliphatic carbocycles. The van der Waals surface area contributed by atoms with Crippen molar-refractivity contribution in [1.29, 1.82) is 0 Å². The number of rotatable bonds is 1. The van der Waals surface area contributed by atoms with E-state index in [4.69, 9.17) is 4.99 Å². The van der Waals surface area contributed by atoms with Crippen molar-refractivity contribution in [3.8, 4) is 0 Å². The maximum atomic E-state index is 12.5. The second kappa shape index (κ2) is 3.29. The van der Waals surface area contributed by atoms with Crippen LogP contribution in [0.5, 0.6) is 0 Å². The summed E-state index contributed by atoms with van der Waals surface area (Å²) in [5.41, 5.74) is -0.395. The number of likely N-dealkylation sites (N-methyl/N-ethyl adjacent to an activating group) is 1. The zero-order valence-electron chi connectivity index (χ0n) is 9.99. The number of nitrogens with zero attached hydrogens (tertiary/aromatic N) is 2. The Kier molecular flexibility index (Phi) is 2.11. The number of hydrogen-bond acceptors (Lipinski definition) is 3. The summed E-state index contributed by atoms with van der Waals surface area (Å²) < 4.78 is 0. The highest BCUT2D eigenvalue weighted by molar-refractivity contribution is 6.07. The van der Waals surface area contributed by atoms with Gasteiger partial charge in [-0.05, 0) is 39.2 Å². The van der Waals surface area contributed by atoms with Crippen LogP contribution in [0.15, 0.2) is 4.99 Å². The lowest BCUT2D eigenvalue weighted by molar-refractivity contribution is -0.132. The molecule has 2 heterocycles.